The molecule has 0 aliphatic heterocycles. The second-order valence-electron chi connectivity index (χ2n) is 7.25. The summed E-state index contributed by atoms with van der Waals surface area (Å²) >= 11 is 0. The van der Waals surface area contributed by atoms with Crippen molar-refractivity contribution in [1.82, 2.24) is 4.90 Å². The molecule has 0 spiro atoms. The quantitative estimate of drug-likeness (QED) is 0.753. The molecule has 1 aliphatic carbocycles. The smallest absolute Gasteiger partial charge is 0.291 e. The number of hydrogen-bond donors (Lipinski definition) is 1. The lowest BCUT2D eigenvalue weighted by molar-refractivity contribution is 0.0969. The van der Waals surface area contributed by atoms with E-state index in [0.717, 1.165) is 34.9 Å². The van der Waals surface area contributed by atoms with Crippen LogP contribution in [0.4, 0.5) is 5.69 Å². The molecule has 1 N–H and O–H groups in total. The number of nitrogens with one attached hydrogen (secondary N) is 1. The van der Waals surface area contributed by atoms with E-state index in [0.29, 0.717) is 30.0 Å². The fraction of sp³-hybridized carbons (Fsp3) is 0.273. The number of hydrogen-bond acceptors (Lipinski definition) is 4. The van der Waals surface area contributed by atoms with Crippen LogP contribution in [-0.4, -0.2) is 30.7 Å². The van der Waals surface area contributed by atoms with Crippen LogP contribution in [0.5, 0.6) is 0 Å². The van der Waals surface area contributed by atoms with Crippen molar-refractivity contribution in [2.24, 2.45) is 0 Å². The van der Waals surface area contributed by atoms with Crippen molar-refractivity contribution >= 4 is 28.3 Å². The van der Waals surface area contributed by atoms with E-state index in [-0.39, 0.29) is 11.7 Å². The van der Waals surface area contributed by atoms with Gasteiger partial charge in [-0.25, -0.2) is 0 Å². The van der Waals surface area contributed by atoms with Crippen molar-refractivity contribution in [2.45, 2.75) is 25.8 Å². The summed E-state index contributed by atoms with van der Waals surface area (Å²) in [5, 5.41) is 3.84. The molecule has 0 atom stereocenters. The average Bonchev–Trinajstić information content (AvgIpc) is 3.01. The van der Waals surface area contributed by atoms with Crippen LogP contribution in [0.1, 0.15) is 44.9 Å². The zero-order chi connectivity index (χ0) is 19.0. The Hall–Kier alpha value is -2.92. The first-order valence-electron chi connectivity index (χ1n) is 9.15. The van der Waals surface area contributed by atoms with E-state index in [1.165, 1.54) is 0 Å². The van der Waals surface area contributed by atoms with E-state index in [2.05, 4.69) is 5.32 Å². The minimum atomic E-state index is -0.300. The SMILES string of the molecule is CN(C)Cc1c(C(=O)Nc2ccc3c(c2)C(=O)CCC3)oc2ccccc12. The van der Waals surface area contributed by atoms with E-state index in [1.54, 1.807) is 6.07 Å². The highest BCUT2D eigenvalue weighted by atomic mass is 16.3. The van der Waals surface area contributed by atoms with Gasteiger partial charge in [0, 0.05) is 35.2 Å². The molecular weight excluding hydrogens is 340 g/mol. The largest absolute Gasteiger partial charge is 0.451 e. The maximum atomic E-state index is 12.9. The van der Waals surface area contributed by atoms with Gasteiger partial charge in [-0.05, 0) is 50.7 Å². The van der Waals surface area contributed by atoms with Gasteiger partial charge < -0.3 is 14.6 Å². The first-order valence-corrected chi connectivity index (χ1v) is 9.15. The van der Waals surface area contributed by atoms with Crippen LogP contribution in [0.2, 0.25) is 0 Å². The topological polar surface area (TPSA) is 62.6 Å². The summed E-state index contributed by atoms with van der Waals surface area (Å²) < 4.78 is 5.86. The maximum absolute atomic E-state index is 12.9. The lowest BCUT2D eigenvalue weighted by Gasteiger charge is -2.16. The molecule has 27 heavy (non-hydrogen) atoms. The molecular formula is C22H22N2O3. The van der Waals surface area contributed by atoms with E-state index >= 15 is 0 Å². The Labute approximate surface area is 158 Å². The molecule has 2 aromatic carbocycles. The predicted octanol–water partition coefficient (Wildman–Crippen LogP) is 4.27. The van der Waals surface area contributed by atoms with Gasteiger partial charge in [-0.15, -0.1) is 0 Å². The minimum absolute atomic E-state index is 0.143. The number of carbonyl (C=O) groups is 2. The molecule has 0 saturated heterocycles. The monoisotopic (exact) mass is 362 g/mol. The number of Topliss-reactive ketones (excluding diaryl/α,β-unsaturated/α-hetero) is 1. The summed E-state index contributed by atoms with van der Waals surface area (Å²) in [4.78, 5) is 27.1. The van der Waals surface area contributed by atoms with Crippen molar-refractivity contribution in [1.29, 1.82) is 0 Å². The van der Waals surface area contributed by atoms with Crippen molar-refractivity contribution < 1.29 is 14.0 Å². The van der Waals surface area contributed by atoms with Crippen molar-refractivity contribution in [3.8, 4) is 0 Å². The number of benzene rings is 2. The molecule has 5 nitrogen and oxygen atoms in total. The molecule has 0 unspecified atom stereocenters. The van der Waals surface area contributed by atoms with Crippen LogP contribution in [0.25, 0.3) is 11.0 Å². The van der Waals surface area contributed by atoms with Crippen LogP contribution >= 0.6 is 0 Å². The molecule has 4 rings (SSSR count). The van der Waals surface area contributed by atoms with Gasteiger partial charge in [0.1, 0.15) is 5.58 Å². The van der Waals surface area contributed by atoms with Crippen molar-refractivity contribution in [3.63, 3.8) is 0 Å². The lowest BCUT2D eigenvalue weighted by Crippen LogP contribution is -2.18. The highest BCUT2D eigenvalue weighted by Gasteiger charge is 2.22. The minimum Gasteiger partial charge on any atom is -0.451 e. The van der Waals surface area contributed by atoms with Gasteiger partial charge in [0.2, 0.25) is 0 Å². The Morgan fingerprint density at radius 2 is 1.96 bits per heavy atom. The Morgan fingerprint density at radius 3 is 2.78 bits per heavy atom. The first kappa shape index (κ1) is 17.5. The highest BCUT2D eigenvalue weighted by Crippen LogP contribution is 2.29. The van der Waals surface area contributed by atoms with Gasteiger partial charge in [0.05, 0.1) is 0 Å². The molecule has 0 saturated carbocycles. The number of nitrogens with zero attached hydrogens (tertiary/aromatic N) is 1. The normalized spacial score (nSPS) is 13.8. The number of ketones is 1. The van der Waals surface area contributed by atoms with Crippen LogP contribution in [-0.2, 0) is 13.0 Å². The zero-order valence-electron chi connectivity index (χ0n) is 15.5. The van der Waals surface area contributed by atoms with Gasteiger partial charge >= 0.3 is 0 Å². The summed E-state index contributed by atoms with van der Waals surface area (Å²) in [7, 11) is 3.91. The van der Waals surface area contributed by atoms with Gasteiger partial charge in [0.15, 0.2) is 11.5 Å². The Bertz CT molecular complexity index is 1030. The van der Waals surface area contributed by atoms with Gasteiger partial charge in [-0.1, -0.05) is 24.3 Å². The van der Waals surface area contributed by atoms with E-state index in [4.69, 9.17) is 4.42 Å². The third kappa shape index (κ3) is 3.38. The van der Waals surface area contributed by atoms with Crippen LogP contribution in [0.3, 0.4) is 0 Å². The van der Waals surface area contributed by atoms with Crippen LogP contribution < -0.4 is 5.32 Å². The van der Waals surface area contributed by atoms with E-state index < -0.39 is 0 Å². The number of furan rings is 1. The summed E-state index contributed by atoms with van der Waals surface area (Å²) in [5.41, 5.74) is 3.95. The second kappa shape index (κ2) is 7.00. The molecule has 5 heteroatoms. The Morgan fingerprint density at radius 1 is 1.15 bits per heavy atom. The molecule has 1 heterocycles. The van der Waals surface area contributed by atoms with Crippen molar-refractivity contribution in [2.75, 3.05) is 19.4 Å². The fourth-order valence-electron chi connectivity index (χ4n) is 3.65. The number of anilines is 1. The number of aryl methyl sites for hydroxylation is 1. The molecule has 1 aliphatic rings. The zero-order valence-corrected chi connectivity index (χ0v) is 15.5. The first-order chi connectivity index (χ1) is 13.0. The third-order valence-corrected chi connectivity index (χ3v) is 4.90. The maximum Gasteiger partial charge on any atom is 0.291 e. The molecule has 0 bridgehead atoms. The van der Waals surface area contributed by atoms with Gasteiger partial charge in [0.25, 0.3) is 5.91 Å². The molecule has 1 aromatic heterocycles. The molecule has 138 valence electrons. The number of carbonyl (C=O) groups excluding carboxylic acids is 2. The van der Waals surface area contributed by atoms with Crippen LogP contribution in [0, 0.1) is 0 Å². The standard InChI is InChI=1S/C22H22N2O3/c1-24(2)13-18-16-7-3-4-9-20(16)27-21(18)22(26)23-15-11-10-14-6-5-8-19(25)17(14)12-15/h3-4,7,9-12H,5-6,8,13H2,1-2H3,(H,23,26). The summed E-state index contributed by atoms with van der Waals surface area (Å²) in [6, 6.07) is 13.2. The molecule has 1 amide bonds. The van der Waals surface area contributed by atoms with Crippen molar-refractivity contribution in [3.05, 3.63) is 64.9 Å². The summed E-state index contributed by atoms with van der Waals surface area (Å²) in [6.45, 7) is 0.600. The van der Waals surface area contributed by atoms with E-state index in [1.807, 2.05) is 55.4 Å². The lowest BCUT2D eigenvalue weighted by atomic mass is 9.90. The summed E-state index contributed by atoms with van der Waals surface area (Å²) in [5.74, 6) is 0.157. The second-order valence-corrected chi connectivity index (χ2v) is 7.25. The summed E-state index contributed by atoms with van der Waals surface area (Å²) in [6.07, 6.45) is 2.37. The Kier molecular flexibility index (Phi) is 4.54. The highest BCUT2D eigenvalue weighted by molar-refractivity contribution is 6.07. The predicted molar refractivity (Wildman–Crippen MR) is 105 cm³/mol. The number of para-hydroxylation sites is 1. The van der Waals surface area contributed by atoms with Crippen LogP contribution in [0.15, 0.2) is 46.9 Å². The number of amides is 1. The van der Waals surface area contributed by atoms with Gasteiger partial charge in [-0.3, -0.25) is 9.59 Å². The number of fused-ring (bicyclic) bond motifs is 2. The molecule has 0 fully saturated rings. The Balaban J connectivity index is 1.67. The van der Waals surface area contributed by atoms with E-state index in [9.17, 15) is 9.59 Å². The average molecular weight is 362 g/mol. The fourth-order valence-corrected chi connectivity index (χ4v) is 3.65. The number of rotatable bonds is 4. The molecule has 0 radical (unpaired) electrons. The molecule has 3 aromatic rings. The third-order valence-electron chi connectivity index (χ3n) is 4.90. The van der Waals surface area contributed by atoms with Gasteiger partial charge in [-0.2, -0.15) is 0 Å².